The van der Waals surface area contributed by atoms with Crippen molar-refractivity contribution in [3.63, 3.8) is 0 Å². The van der Waals surface area contributed by atoms with E-state index in [4.69, 9.17) is 0 Å². The fourth-order valence-electron chi connectivity index (χ4n) is 2.65. The van der Waals surface area contributed by atoms with Crippen LogP contribution in [0.3, 0.4) is 0 Å². The molecule has 0 atom stereocenters. The van der Waals surface area contributed by atoms with Crippen LogP contribution in [0.1, 0.15) is 22.5 Å². The summed E-state index contributed by atoms with van der Waals surface area (Å²) in [5.74, 6) is 1.20. The van der Waals surface area contributed by atoms with Gasteiger partial charge >= 0.3 is 6.18 Å². The van der Waals surface area contributed by atoms with Crippen LogP contribution in [0.25, 0.3) is 5.82 Å². The number of nitrogens with zero attached hydrogens (tertiary/aromatic N) is 5. The molecule has 0 amide bonds. The number of hydrogen-bond donors (Lipinski definition) is 0. The van der Waals surface area contributed by atoms with Gasteiger partial charge in [0.1, 0.15) is 5.82 Å². The van der Waals surface area contributed by atoms with Crippen molar-refractivity contribution in [2.75, 3.05) is 11.9 Å². The molecule has 0 saturated heterocycles. The summed E-state index contributed by atoms with van der Waals surface area (Å²) in [6.45, 7) is 4.24. The highest BCUT2D eigenvalue weighted by Gasteiger charge is 2.29. The van der Waals surface area contributed by atoms with Crippen molar-refractivity contribution in [1.82, 2.24) is 19.7 Å². The number of aryl methyl sites for hydroxylation is 2. The van der Waals surface area contributed by atoms with Gasteiger partial charge in [0.05, 0.1) is 23.7 Å². The molecule has 0 aliphatic carbocycles. The maximum absolute atomic E-state index is 12.7. The van der Waals surface area contributed by atoms with Gasteiger partial charge < -0.3 is 4.90 Å². The fraction of sp³-hybridized carbons (Fsp3) is 0.278. The molecule has 0 unspecified atom stereocenters. The number of aromatic nitrogens is 4. The molecule has 0 saturated carbocycles. The fourth-order valence-corrected chi connectivity index (χ4v) is 2.65. The van der Waals surface area contributed by atoms with Crippen LogP contribution in [0.2, 0.25) is 0 Å². The van der Waals surface area contributed by atoms with E-state index in [-0.39, 0.29) is 0 Å². The van der Waals surface area contributed by atoms with Crippen LogP contribution in [0.4, 0.5) is 19.0 Å². The lowest BCUT2D eigenvalue weighted by Crippen LogP contribution is -2.19. The number of benzene rings is 1. The summed E-state index contributed by atoms with van der Waals surface area (Å²) in [5.41, 5.74) is 1.92. The molecule has 3 aromatic rings. The molecule has 1 aromatic carbocycles. The van der Waals surface area contributed by atoms with E-state index in [0.29, 0.717) is 18.2 Å². The summed E-state index contributed by atoms with van der Waals surface area (Å²) >= 11 is 0. The minimum atomic E-state index is -4.33. The molecule has 0 bridgehead atoms. The minimum Gasteiger partial charge on any atom is -0.354 e. The SMILES string of the molecule is Cc1cc(C)n(-c2cncc(N(C)Cc3ccc(C(F)(F)F)cc3)n2)n1. The molecule has 0 radical (unpaired) electrons. The molecule has 5 nitrogen and oxygen atoms in total. The average molecular weight is 361 g/mol. The molecular weight excluding hydrogens is 343 g/mol. The van der Waals surface area contributed by atoms with Gasteiger partial charge in [-0.05, 0) is 37.6 Å². The molecule has 26 heavy (non-hydrogen) atoms. The van der Waals surface area contributed by atoms with E-state index in [9.17, 15) is 13.2 Å². The van der Waals surface area contributed by atoms with E-state index < -0.39 is 11.7 Å². The van der Waals surface area contributed by atoms with Crippen LogP contribution in [-0.4, -0.2) is 26.8 Å². The predicted molar refractivity (Wildman–Crippen MR) is 92.2 cm³/mol. The molecule has 136 valence electrons. The quantitative estimate of drug-likeness (QED) is 0.706. The Morgan fingerprint density at radius 3 is 2.35 bits per heavy atom. The van der Waals surface area contributed by atoms with Gasteiger partial charge in [-0.1, -0.05) is 12.1 Å². The second-order valence-electron chi connectivity index (χ2n) is 6.13. The Kier molecular flexibility index (Phi) is 4.67. The van der Waals surface area contributed by atoms with Gasteiger partial charge in [-0.2, -0.15) is 18.3 Å². The number of alkyl halides is 3. The van der Waals surface area contributed by atoms with Crippen LogP contribution < -0.4 is 4.90 Å². The highest BCUT2D eigenvalue weighted by Crippen LogP contribution is 2.29. The minimum absolute atomic E-state index is 0.410. The van der Waals surface area contributed by atoms with E-state index in [2.05, 4.69) is 15.1 Å². The zero-order valence-electron chi connectivity index (χ0n) is 14.6. The average Bonchev–Trinajstić information content (AvgIpc) is 2.93. The number of rotatable bonds is 4. The van der Waals surface area contributed by atoms with E-state index in [1.165, 1.54) is 12.1 Å². The maximum Gasteiger partial charge on any atom is 0.416 e. The lowest BCUT2D eigenvalue weighted by Gasteiger charge is -2.19. The van der Waals surface area contributed by atoms with Crippen molar-refractivity contribution < 1.29 is 13.2 Å². The smallest absolute Gasteiger partial charge is 0.354 e. The van der Waals surface area contributed by atoms with E-state index in [1.54, 1.807) is 17.1 Å². The lowest BCUT2D eigenvalue weighted by atomic mass is 10.1. The molecule has 0 aliphatic heterocycles. The van der Waals surface area contributed by atoms with Crippen molar-refractivity contribution in [2.45, 2.75) is 26.6 Å². The van der Waals surface area contributed by atoms with E-state index in [0.717, 1.165) is 29.1 Å². The predicted octanol–water partition coefficient (Wildman–Crippen LogP) is 3.93. The number of halogens is 3. The summed E-state index contributed by atoms with van der Waals surface area (Å²) in [6, 6.07) is 7.05. The maximum atomic E-state index is 12.7. The lowest BCUT2D eigenvalue weighted by molar-refractivity contribution is -0.137. The van der Waals surface area contributed by atoms with Gasteiger partial charge in [0.25, 0.3) is 0 Å². The molecule has 0 fully saturated rings. The van der Waals surface area contributed by atoms with Gasteiger partial charge in [0, 0.05) is 19.3 Å². The first-order valence-electron chi connectivity index (χ1n) is 7.97. The Morgan fingerprint density at radius 2 is 1.77 bits per heavy atom. The highest BCUT2D eigenvalue weighted by molar-refractivity contribution is 5.40. The van der Waals surface area contributed by atoms with Crippen molar-refractivity contribution in [3.8, 4) is 5.82 Å². The van der Waals surface area contributed by atoms with Gasteiger partial charge in [-0.15, -0.1) is 0 Å². The standard InChI is InChI=1S/C18H18F3N5/c1-12-8-13(2)26(24-12)17-10-22-9-16(23-17)25(3)11-14-4-6-15(7-5-14)18(19,20)21/h4-10H,11H2,1-3H3. The van der Waals surface area contributed by atoms with Crippen molar-refractivity contribution in [1.29, 1.82) is 0 Å². The van der Waals surface area contributed by atoms with Crippen molar-refractivity contribution in [3.05, 3.63) is 65.2 Å². The Hall–Kier alpha value is -2.90. The summed E-state index contributed by atoms with van der Waals surface area (Å²) < 4.78 is 39.7. The molecule has 0 spiro atoms. The van der Waals surface area contributed by atoms with Gasteiger partial charge in [0.2, 0.25) is 0 Å². The van der Waals surface area contributed by atoms with Gasteiger partial charge in [-0.3, -0.25) is 4.98 Å². The largest absolute Gasteiger partial charge is 0.416 e. The molecular formula is C18H18F3N5. The summed E-state index contributed by atoms with van der Waals surface area (Å²) in [7, 11) is 1.81. The highest BCUT2D eigenvalue weighted by atomic mass is 19.4. The first-order chi connectivity index (χ1) is 12.2. The first-order valence-corrected chi connectivity index (χ1v) is 7.97. The van der Waals surface area contributed by atoms with Crippen LogP contribution in [0.5, 0.6) is 0 Å². The van der Waals surface area contributed by atoms with Crippen LogP contribution in [0, 0.1) is 13.8 Å². The van der Waals surface area contributed by atoms with E-state index >= 15 is 0 Å². The van der Waals surface area contributed by atoms with Crippen LogP contribution >= 0.6 is 0 Å². The summed E-state index contributed by atoms with van der Waals surface area (Å²) in [6.07, 6.45) is -1.10. The number of hydrogen-bond acceptors (Lipinski definition) is 4. The van der Waals surface area contributed by atoms with Gasteiger partial charge in [-0.25, -0.2) is 9.67 Å². The van der Waals surface area contributed by atoms with Crippen molar-refractivity contribution >= 4 is 5.82 Å². The molecule has 8 heteroatoms. The normalized spacial score (nSPS) is 11.6. The Morgan fingerprint density at radius 1 is 1.08 bits per heavy atom. The Balaban J connectivity index is 1.79. The molecule has 0 N–H and O–H groups in total. The third-order valence-electron chi connectivity index (χ3n) is 3.93. The Bertz CT molecular complexity index is 900. The van der Waals surface area contributed by atoms with E-state index in [1.807, 2.05) is 31.9 Å². The third-order valence-corrected chi connectivity index (χ3v) is 3.93. The van der Waals surface area contributed by atoms with Crippen LogP contribution in [-0.2, 0) is 12.7 Å². The molecule has 2 aromatic heterocycles. The molecule has 2 heterocycles. The summed E-state index contributed by atoms with van der Waals surface area (Å²) in [5, 5.41) is 4.39. The second kappa shape index (κ2) is 6.78. The Labute approximate surface area is 149 Å². The second-order valence-corrected chi connectivity index (χ2v) is 6.13. The molecule has 3 rings (SSSR count). The topological polar surface area (TPSA) is 46.8 Å². The zero-order valence-corrected chi connectivity index (χ0v) is 14.6. The first kappa shape index (κ1) is 17.9. The zero-order chi connectivity index (χ0) is 18.9. The van der Waals surface area contributed by atoms with Crippen molar-refractivity contribution in [2.24, 2.45) is 0 Å². The summed E-state index contributed by atoms with van der Waals surface area (Å²) in [4.78, 5) is 10.6. The van der Waals surface area contributed by atoms with Crippen LogP contribution in [0.15, 0.2) is 42.7 Å². The third kappa shape index (κ3) is 3.84. The molecule has 0 aliphatic rings. The van der Waals surface area contributed by atoms with Gasteiger partial charge in [0.15, 0.2) is 5.82 Å². The number of anilines is 1. The monoisotopic (exact) mass is 361 g/mol.